The number of ether oxygens (including phenoxy) is 2. The van der Waals surface area contributed by atoms with Gasteiger partial charge < -0.3 is 15.2 Å². The largest absolute Gasteiger partial charge is 0.462 e. The number of rotatable bonds is 4. The highest BCUT2D eigenvalue weighted by atomic mass is 19.3. The van der Waals surface area contributed by atoms with Crippen molar-refractivity contribution in [1.29, 1.82) is 0 Å². The van der Waals surface area contributed by atoms with Crippen molar-refractivity contribution < 1.29 is 23.0 Å². The van der Waals surface area contributed by atoms with E-state index in [9.17, 15) is 13.6 Å². The second-order valence-corrected chi connectivity index (χ2v) is 3.84. The molecule has 106 valence electrons. The molecule has 2 aromatic rings. The van der Waals surface area contributed by atoms with Gasteiger partial charge >= 0.3 is 12.6 Å². The Labute approximate surface area is 113 Å². The Morgan fingerprint density at radius 1 is 1.45 bits per heavy atom. The molecule has 0 unspecified atom stereocenters. The summed E-state index contributed by atoms with van der Waals surface area (Å²) in [7, 11) is 0. The Morgan fingerprint density at radius 2 is 2.20 bits per heavy atom. The predicted octanol–water partition coefficient (Wildman–Crippen LogP) is 2.60. The number of aromatic nitrogens is 1. The van der Waals surface area contributed by atoms with E-state index in [1.807, 2.05) is 0 Å². The first-order chi connectivity index (χ1) is 9.54. The molecule has 0 aliphatic rings. The van der Waals surface area contributed by atoms with Gasteiger partial charge in [0.1, 0.15) is 11.1 Å². The highest BCUT2D eigenvalue weighted by Crippen LogP contribution is 2.30. The van der Waals surface area contributed by atoms with Crippen LogP contribution in [0.1, 0.15) is 17.3 Å². The summed E-state index contributed by atoms with van der Waals surface area (Å²) in [5.74, 6) is -0.709. The van der Waals surface area contributed by atoms with Gasteiger partial charge in [-0.15, -0.1) is 0 Å². The fourth-order valence-electron chi connectivity index (χ4n) is 1.78. The van der Waals surface area contributed by atoms with Crippen molar-refractivity contribution in [3.63, 3.8) is 0 Å². The van der Waals surface area contributed by atoms with Crippen LogP contribution in [0.5, 0.6) is 5.75 Å². The Bertz CT molecular complexity index is 647. The lowest BCUT2D eigenvalue weighted by molar-refractivity contribution is -0.0489. The van der Waals surface area contributed by atoms with E-state index in [1.165, 1.54) is 18.3 Å². The Morgan fingerprint density at radius 3 is 2.85 bits per heavy atom. The highest BCUT2D eigenvalue weighted by molar-refractivity contribution is 6.05. The summed E-state index contributed by atoms with van der Waals surface area (Å²) in [6, 6.07) is 4.41. The molecule has 7 heteroatoms. The zero-order valence-corrected chi connectivity index (χ0v) is 10.6. The van der Waals surface area contributed by atoms with Gasteiger partial charge in [0.05, 0.1) is 12.3 Å². The SMILES string of the molecule is CCOC(=O)c1cnc2c(OC(F)F)cccc2c1N. The first kappa shape index (κ1) is 14.0. The lowest BCUT2D eigenvalue weighted by atomic mass is 10.1. The van der Waals surface area contributed by atoms with Crippen molar-refractivity contribution in [2.24, 2.45) is 0 Å². The monoisotopic (exact) mass is 282 g/mol. The normalized spacial score (nSPS) is 10.8. The molecule has 1 aromatic heterocycles. The zero-order chi connectivity index (χ0) is 14.7. The predicted molar refractivity (Wildman–Crippen MR) is 68.7 cm³/mol. The summed E-state index contributed by atoms with van der Waals surface area (Å²) in [6.07, 6.45) is 1.19. The molecule has 0 spiro atoms. The molecule has 5 nitrogen and oxygen atoms in total. The van der Waals surface area contributed by atoms with Crippen molar-refractivity contribution in [1.82, 2.24) is 4.98 Å². The maximum atomic E-state index is 12.3. The molecule has 1 aromatic carbocycles. The Balaban J connectivity index is 2.54. The van der Waals surface area contributed by atoms with Crippen molar-refractivity contribution in [2.45, 2.75) is 13.5 Å². The first-order valence-corrected chi connectivity index (χ1v) is 5.83. The summed E-state index contributed by atoms with van der Waals surface area (Å²) in [6.45, 7) is -1.10. The number of fused-ring (bicyclic) bond motifs is 1. The van der Waals surface area contributed by atoms with Crippen LogP contribution in [0.3, 0.4) is 0 Å². The number of carbonyl (C=O) groups excluding carboxylic acids is 1. The number of alkyl halides is 2. The summed E-state index contributed by atoms with van der Waals surface area (Å²) in [5, 5.41) is 0.355. The van der Waals surface area contributed by atoms with Gasteiger partial charge in [-0.2, -0.15) is 8.78 Å². The number of nitrogens with zero attached hydrogens (tertiary/aromatic N) is 1. The van der Waals surface area contributed by atoms with Gasteiger partial charge in [-0.1, -0.05) is 12.1 Å². The van der Waals surface area contributed by atoms with Crippen molar-refractivity contribution in [3.8, 4) is 5.75 Å². The number of halogens is 2. The maximum Gasteiger partial charge on any atom is 0.387 e. The number of hydrogen-bond acceptors (Lipinski definition) is 5. The number of carbonyl (C=O) groups is 1. The van der Waals surface area contributed by atoms with E-state index in [2.05, 4.69) is 9.72 Å². The highest BCUT2D eigenvalue weighted by Gasteiger charge is 2.17. The van der Waals surface area contributed by atoms with Gasteiger partial charge in [-0.05, 0) is 13.0 Å². The van der Waals surface area contributed by atoms with E-state index in [4.69, 9.17) is 10.5 Å². The van der Waals surface area contributed by atoms with Crippen molar-refractivity contribution >= 4 is 22.6 Å². The molecule has 0 amide bonds. The summed E-state index contributed by atoms with van der Waals surface area (Å²) in [5.41, 5.74) is 6.24. The van der Waals surface area contributed by atoms with E-state index in [0.717, 1.165) is 0 Å². The molecule has 0 aliphatic heterocycles. The molecule has 2 N–H and O–H groups in total. The van der Waals surface area contributed by atoms with E-state index in [1.54, 1.807) is 13.0 Å². The molecule has 20 heavy (non-hydrogen) atoms. The van der Waals surface area contributed by atoms with E-state index >= 15 is 0 Å². The molecular formula is C13H12F2N2O3. The first-order valence-electron chi connectivity index (χ1n) is 5.83. The van der Waals surface area contributed by atoms with Gasteiger partial charge in [0.25, 0.3) is 0 Å². The van der Waals surface area contributed by atoms with Crippen molar-refractivity contribution in [3.05, 3.63) is 30.0 Å². The minimum absolute atomic E-state index is 0.0912. The van der Waals surface area contributed by atoms with Crippen LogP contribution in [0, 0.1) is 0 Å². The number of hydrogen-bond donors (Lipinski definition) is 1. The van der Waals surface area contributed by atoms with Crippen LogP contribution in [0.4, 0.5) is 14.5 Å². The average molecular weight is 282 g/mol. The standard InChI is InChI=1S/C13H12F2N2O3/c1-2-19-12(18)8-6-17-11-7(10(8)16)4-3-5-9(11)20-13(14)15/h3-6,13H,2H2,1H3,(H2,16,17). The molecule has 2 rings (SSSR count). The minimum Gasteiger partial charge on any atom is -0.462 e. The fourth-order valence-corrected chi connectivity index (χ4v) is 1.78. The van der Waals surface area contributed by atoms with Crippen LogP contribution in [-0.2, 0) is 4.74 Å². The topological polar surface area (TPSA) is 74.4 Å². The summed E-state index contributed by atoms with van der Waals surface area (Å²) < 4.78 is 33.8. The minimum atomic E-state index is -2.96. The van der Waals surface area contributed by atoms with Gasteiger partial charge in [0.15, 0.2) is 5.75 Å². The van der Waals surface area contributed by atoms with Gasteiger partial charge in [0.2, 0.25) is 0 Å². The molecule has 0 aliphatic carbocycles. The number of pyridine rings is 1. The lowest BCUT2D eigenvalue weighted by Gasteiger charge is -2.11. The molecular weight excluding hydrogens is 270 g/mol. The van der Waals surface area contributed by atoms with Gasteiger partial charge in [-0.3, -0.25) is 4.98 Å². The zero-order valence-electron chi connectivity index (χ0n) is 10.6. The second-order valence-electron chi connectivity index (χ2n) is 3.84. The number of nitrogens with two attached hydrogens (primary N) is 1. The number of esters is 1. The third kappa shape index (κ3) is 2.61. The molecule has 0 saturated heterocycles. The number of para-hydroxylation sites is 1. The Hall–Kier alpha value is -2.44. The molecule has 0 atom stereocenters. The number of anilines is 1. The van der Waals surface area contributed by atoms with Crippen LogP contribution < -0.4 is 10.5 Å². The van der Waals surface area contributed by atoms with Crippen LogP contribution >= 0.6 is 0 Å². The summed E-state index contributed by atoms with van der Waals surface area (Å²) in [4.78, 5) is 15.6. The Kier molecular flexibility index (Phi) is 3.97. The van der Waals surface area contributed by atoms with Crippen LogP contribution in [0.25, 0.3) is 10.9 Å². The lowest BCUT2D eigenvalue weighted by Crippen LogP contribution is -2.10. The third-order valence-electron chi connectivity index (χ3n) is 2.61. The average Bonchev–Trinajstić information content (AvgIpc) is 2.39. The van der Waals surface area contributed by atoms with Crippen LogP contribution in [0.15, 0.2) is 24.4 Å². The van der Waals surface area contributed by atoms with E-state index in [-0.39, 0.29) is 29.1 Å². The number of benzene rings is 1. The van der Waals surface area contributed by atoms with E-state index < -0.39 is 12.6 Å². The smallest absolute Gasteiger partial charge is 0.387 e. The molecule has 0 bridgehead atoms. The van der Waals surface area contributed by atoms with Gasteiger partial charge in [-0.25, -0.2) is 4.79 Å². The second kappa shape index (κ2) is 5.68. The van der Waals surface area contributed by atoms with Crippen molar-refractivity contribution in [2.75, 3.05) is 12.3 Å². The molecule has 0 radical (unpaired) electrons. The maximum absolute atomic E-state index is 12.3. The quantitative estimate of drug-likeness (QED) is 0.872. The molecule has 1 heterocycles. The third-order valence-corrected chi connectivity index (χ3v) is 2.61. The molecule has 0 fully saturated rings. The molecule has 0 saturated carbocycles. The van der Waals surface area contributed by atoms with Crippen LogP contribution in [-0.4, -0.2) is 24.2 Å². The number of nitrogen functional groups attached to an aromatic ring is 1. The van der Waals surface area contributed by atoms with E-state index in [0.29, 0.717) is 5.39 Å². The fraction of sp³-hybridized carbons (Fsp3) is 0.231. The van der Waals surface area contributed by atoms with Gasteiger partial charge in [0, 0.05) is 11.6 Å². The summed E-state index contributed by atoms with van der Waals surface area (Å²) >= 11 is 0. The van der Waals surface area contributed by atoms with Crippen LogP contribution in [0.2, 0.25) is 0 Å².